The number of aryl methyl sites for hydroxylation is 4. The fourth-order valence-corrected chi connectivity index (χ4v) is 4.13. The Kier molecular flexibility index (Phi) is 6.44. The van der Waals surface area contributed by atoms with Crippen LogP contribution < -0.4 is 10.9 Å². The topological polar surface area (TPSA) is 81.5 Å². The van der Waals surface area contributed by atoms with Crippen molar-refractivity contribution in [1.29, 1.82) is 0 Å². The zero-order valence-electron chi connectivity index (χ0n) is 18.9. The van der Waals surface area contributed by atoms with Gasteiger partial charge in [0, 0.05) is 37.6 Å². The first-order valence-corrected chi connectivity index (χ1v) is 11.3. The molecule has 4 aromatic rings. The van der Waals surface area contributed by atoms with Gasteiger partial charge in [-0.2, -0.15) is 5.10 Å². The number of nitrogens with one attached hydrogen (secondary N) is 1. The molecule has 1 atom stereocenters. The summed E-state index contributed by atoms with van der Waals surface area (Å²) in [5.74, 6) is 1.61. The van der Waals surface area contributed by atoms with Gasteiger partial charge in [-0.25, -0.2) is 4.68 Å². The molecule has 32 heavy (non-hydrogen) atoms. The summed E-state index contributed by atoms with van der Waals surface area (Å²) in [5, 5.41) is 7.62. The SMILES string of the molecule is CCc1nn(CCCC(=O)N[C@H](C)CCc2ccccc2)c(=O)c2cc3oc(C)cc3n12. The summed E-state index contributed by atoms with van der Waals surface area (Å²) in [6, 6.07) is 14.1. The van der Waals surface area contributed by atoms with Gasteiger partial charge in [0.1, 0.15) is 17.1 Å². The van der Waals surface area contributed by atoms with E-state index in [0.717, 1.165) is 29.9 Å². The molecule has 1 aromatic carbocycles. The van der Waals surface area contributed by atoms with Crippen LogP contribution in [0.1, 0.15) is 50.3 Å². The summed E-state index contributed by atoms with van der Waals surface area (Å²) in [6.45, 7) is 6.33. The van der Waals surface area contributed by atoms with Crippen LogP contribution in [0, 0.1) is 6.92 Å². The molecule has 0 spiro atoms. The third-order valence-electron chi connectivity index (χ3n) is 5.77. The number of fused-ring (bicyclic) bond motifs is 3. The van der Waals surface area contributed by atoms with Crippen molar-refractivity contribution in [2.75, 3.05) is 0 Å². The molecule has 0 radical (unpaired) electrons. The molecule has 0 fully saturated rings. The summed E-state index contributed by atoms with van der Waals surface area (Å²) in [6.07, 6.45) is 3.42. The summed E-state index contributed by atoms with van der Waals surface area (Å²) < 4.78 is 9.05. The Balaban J connectivity index is 1.36. The molecule has 0 aliphatic rings. The quantitative estimate of drug-likeness (QED) is 0.431. The largest absolute Gasteiger partial charge is 0.460 e. The van der Waals surface area contributed by atoms with Crippen molar-refractivity contribution < 1.29 is 9.21 Å². The van der Waals surface area contributed by atoms with E-state index < -0.39 is 0 Å². The minimum atomic E-state index is -0.164. The molecule has 7 heteroatoms. The number of nitrogens with zero attached hydrogens (tertiary/aromatic N) is 3. The molecule has 4 rings (SSSR count). The maximum atomic E-state index is 13.0. The van der Waals surface area contributed by atoms with E-state index in [0.29, 0.717) is 36.9 Å². The molecule has 7 nitrogen and oxygen atoms in total. The Labute approximate surface area is 187 Å². The molecule has 0 aliphatic heterocycles. The second kappa shape index (κ2) is 9.42. The van der Waals surface area contributed by atoms with Gasteiger partial charge in [-0.05, 0) is 38.7 Å². The predicted octanol–water partition coefficient (Wildman–Crippen LogP) is 4.03. The van der Waals surface area contributed by atoms with Gasteiger partial charge >= 0.3 is 0 Å². The lowest BCUT2D eigenvalue weighted by Gasteiger charge is -2.14. The van der Waals surface area contributed by atoms with E-state index in [4.69, 9.17) is 4.42 Å². The second-order valence-electron chi connectivity index (χ2n) is 8.37. The lowest BCUT2D eigenvalue weighted by atomic mass is 10.1. The van der Waals surface area contributed by atoms with Gasteiger partial charge in [0.15, 0.2) is 5.58 Å². The van der Waals surface area contributed by atoms with Crippen molar-refractivity contribution in [3.63, 3.8) is 0 Å². The van der Waals surface area contributed by atoms with Crippen molar-refractivity contribution in [1.82, 2.24) is 19.5 Å². The molecule has 3 aromatic heterocycles. The fraction of sp³-hybridized carbons (Fsp3) is 0.400. The fourth-order valence-electron chi connectivity index (χ4n) is 4.13. The number of carbonyl (C=O) groups is 1. The molecule has 1 amide bonds. The molecule has 0 saturated carbocycles. The Morgan fingerprint density at radius 2 is 1.97 bits per heavy atom. The van der Waals surface area contributed by atoms with Crippen molar-refractivity contribution in [3.05, 3.63) is 70.0 Å². The number of hydrogen-bond donors (Lipinski definition) is 1. The molecule has 0 bridgehead atoms. The third-order valence-corrected chi connectivity index (χ3v) is 5.77. The molecule has 168 valence electrons. The number of amides is 1. The van der Waals surface area contributed by atoms with Crippen molar-refractivity contribution in [2.24, 2.45) is 0 Å². The van der Waals surface area contributed by atoms with Gasteiger partial charge in [-0.1, -0.05) is 37.3 Å². The average Bonchev–Trinajstić information content (AvgIpc) is 3.31. The standard InChI is InChI=1S/C25H30N4O3/c1-4-23-27-28(25(31)21-16-22-20(29(21)23)15-18(3)32-22)14-8-11-24(30)26-17(2)12-13-19-9-6-5-7-10-19/h5-7,9-10,15-17H,4,8,11-14H2,1-3H3,(H,26,30)/t17-/m1/s1. The number of rotatable bonds is 9. The van der Waals surface area contributed by atoms with E-state index >= 15 is 0 Å². The van der Waals surface area contributed by atoms with E-state index in [1.54, 1.807) is 6.07 Å². The smallest absolute Gasteiger partial charge is 0.291 e. The van der Waals surface area contributed by atoms with Gasteiger partial charge in [0.2, 0.25) is 5.91 Å². The Hall–Kier alpha value is -3.35. The molecular weight excluding hydrogens is 404 g/mol. The minimum Gasteiger partial charge on any atom is -0.460 e. The van der Waals surface area contributed by atoms with Crippen molar-refractivity contribution in [3.8, 4) is 0 Å². The highest BCUT2D eigenvalue weighted by molar-refractivity contribution is 5.83. The normalized spacial score (nSPS) is 12.5. The maximum Gasteiger partial charge on any atom is 0.291 e. The number of hydrogen-bond acceptors (Lipinski definition) is 4. The Morgan fingerprint density at radius 1 is 1.19 bits per heavy atom. The zero-order valence-corrected chi connectivity index (χ0v) is 18.9. The third kappa shape index (κ3) is 4.61. The van der Waals surface area contributed by atoms with Gasteiger partial charge < -0.3 is 9.73 Å². The Bertz CT molecular complexity index is 1280. The minimum absolute atomic E-state index is 0.00563. The van der Waals surface area contributed by atoms with Crippen LogP contribution in [-0.2, 0) is 24.2 Å². The molecule has 0 aliphatic carbocycles. The summed E-state index contributed by atoms with van der Waals surface area (Å²) in [7, 11) is 0. The first-order valence-electron chi connectivity index (χ1n) is 11.3. The van der Waals surface area contributed by atoms with Crippen molar-refractivity contribution in [2.45, 2.75) is 65.5 Å². The first-order chi connectivity index (χ1) is 15.5. The summed E-state index contributed by atoms with van der Waals surface area (Å²) in [4.78, 5) is 25.3. The van der Waals surface area contributed by atoms with Crippen LogP contribution in [0.4, 0.5) is 0 Å². The van der Waals surface area contributed by atoms with Gasteiger partial charge in [-0.15, -0.1) is 0 Å². The lowest BCUT2D eigenvalue weighted by Crippen LogP contribution is -2.33. The van der Waals surface area contributed by atoms with Crippen molar-refractivity contribution >= 4 is 22.5 Å². The van der Waals surface area contributed by atoms with Gasteiger partial charge in [0.05, 0.1) is 5.52 Å². The van der Waals surface area contributed by atoms with E-state index in [9.17, 15) is 9.59 Å². The lowest BCUT2D eigenvalue weighted by molar-refractivity contribution is -0.121. The zero-order chi connectivity index (χ0) is 22.7. The second-order valence-corrected chi connectivity index (χ2v) is 8.37. The molecule has 0 unspecified atom stereocenters. The van der Waals surface area contributed by atoms with Crippen LogP contribution in [0.25, 0.3) is 16.6 Å². The van der Waals surface area contributed by atoms with Crippen LogP contribution in [0.2, 0.25) is 0 Å². The number of furan rings is 1. The average molecular weight is 435 g/mol. The highest BCUT2D eigenvalue weighted by atomic mass is 16.3. The molecule has 3 heterocycles. The first kappa shape index (κ1) is 21.9. The predicted molar refractivity (Wildman–Crippen MR) is 125 cm³/mol. The summed E-state index contributed by atoms with van der Waals surface area (Å²) >= 11 is 0. The van der Waals surface area contributed by atoms with Crippen LogP contribution >= 0.6 is 0 Å². The molecular formula is C25H30N4O3. The highest BCUT2D eigenvalue weighted by Gasteiger charge is 2.16. The highest BCUT2D eigenvalue weighted by Crippen LogP contribution is 2.23. The van der Waals surface area contributed by atoms with Crippen LogP contribution in [0.15, 0.2) is 51.7 Å². The number of aromatic nitrogens is 3. The number of benzene rings is 1. The summed E-state index contributed by atoms with van der Waals surface area (Å²) in [5.41, 5.74) is 3.23. The monoisotopic (exact) mass is 434 g/mol. The van der Waals surface area contributed by atoms with E-state index in [2.05, 4.69) is 22.5 Å². The van der Waals surface area contributed by atoms with Gasteiger partial charge in [-0.3, -0.25) is 14.0 Å². The van der Waals surface area contributed by atoms with Crippen LogP contribution in [-0.4, -0.2) is 26.1 Å². The number of carbonyl (C=O) groups excluding carboxylic acids is 1. The molecule has 0 saturated heterocycles. The van der Waals surface area contributed by atoms with E-state index in [1.165, 1.54) is 10.2 Å². The maximum absolute atomic E-state index is 13.0. The van der Waals surface area contributed by atoms with Crippen LogP contribution in [0.5, 0.6) is 0 Å². The van der Waals surface area contributed by atoms with Gasteiger partial charge in [0.25, 0.3) is 5.56 Å². The van der Waals surface area contributed by atoms with E-state index in [-0.39, 0.29) is 17.5 Å². The Morgan fingerprint density at radius 3 is 2.72 bits per heavy atom. The van der Waals surface area contributed by atoms with Crippen LogP contribution in [0.3, 0.4) is 0 Å². The van der Waals surface area contributed by atoms with E-state index in [1.807, 2.05) is 49.4 Å². The molecule has 1 N–H and O–H groups in total.